The van der Waals surface area contributed by atoms with Gasteiger partial charge < -0.3 is 10.6 Å². The van der Waals surface area contributed by atoms with Crippen molar-refractivity contribution in [2.75, 3.05) is 18.4 Å². The first-order valence-corrected chi connectivity index (χ1v) is 8.18. The highest BCUT2D eigenvalue weighted by molar-refractivity contribution is 7.15. The molecule has 3 amide bonds. The van der Waals surface area contributed by atoms with Crippen molar-refractivity contribution in [2.45, 2.75) is 32.6 Å². The van der Waals surface area contributed by atoms with Gasteiger partial charge in [0.15, 0.2) is 5.13 Å². The van der Waals surface area contributed by atoms with E-state index in [1.807, 2.05) is 0 Å². The Kier molecular flexibility index (Phi) is 3.84. The third kappa shape index (κ3) is 3.02. The number of rotatable bonds is 2. The molecule has 1 aliphatic carbocycles. The van der Waals surface area contributed by atoms with E-state index in [-0.39, 0.29) is 17.9 Å². The number of nitrogens with zero attached hydrogens (tertiary/aromatic N) is 2. The van der Waals surface area contributed by atoms with E-state index in [9.17, 15) is 9.59 Å². The number of carbonyl (C=O) groups excluding carboxylic acids is 2. The second-order valence-electron chi connectivity index (χ2n) is 6.00. The number of carbonyl (C=O) groups is 2. The summed E-state index contributed by atoms with van der Waals surface area (Å²) in [4.78, 5) is 30.8. The number of thiazole rings is 1. The molecule has 114 valence electrons. The van der Waals surface area contributed by atoms with Gasteiger partial charge in [-0.15, -0.1) is 11.3 Å². The minimum atomic E-state index is -0.330. The highest BCUT2D eigenvalue weighted by Crippen LogP contribution is 2.32. The molecule has 1 aliphatic heterocycles. The maximum atomic E-state index is 12.2. The average Bonchev–Trinajstić information content (AvgIpc) is 3.03. The Bertz CT molecular complexity index is 571. The van der Waals surface area contributed by atoms with Crippen molar-refractivity contribution in [3.05, 3.63) is 10.6 Å². The van der Waals surface area contributed by atoms with Crippen LogP contribution in [0.2, 0.25) is 0 Å². The van der Waals surface area contributed by atoms with Crippen LogP contribution in [-0.2, 0) is 17.6 Å². The van der Waals surface area contributed by atoms with Crippen molar-refractivity contribution in [2.24, 2.45) is 17.6 Å². The number of aryl methyl sites for hydroxylation is 1. The lowest BCUT2D eigenvalue weighted by Gasteiger charge is -2.15. The second kappa shape index (κ2) is 5.63. The molecule has 1 aromatic heterocycles. The highest BCUT2D eigenvalue weighted by Gasteiger charge is 2.30. The van der Waals surface area contributed by atoms with Crippen molar-refractivity contribution in [3.63, 3.8) is 0 Å². The smallest absolute Gasteiger partial charge is 0.323 e. The first kappa shape index (κ1) is 14.3. The van der Waals surface area contributed by atoms with Crippen LogP contribution in [0.3, 0.4) is 0 Å². The third-order valence-electron chi connectivity index (χ3n) is 4.28. The van der Waals surface area contributed by atoms with Crippen LogP contribution in [-0.4, -0.2) is 34.9 Å². The fourth-order valence-corrected chi connectivity index (χ4v) is 4.10. The van der Waals surface area contributed by atoms with Crippen molar-refractivity contribution in [3.8, 4) is 0 Å². The SMILES string of the molecule is C[C@H]1CCc2nc(NC(=O)N3CC[C@@H](C(N)=O)C3)sc2C1. The fraction of sp³-hybridized carbons (Fsp3) is 0.643. The van der Waals surface area contributed by atoms with Gasteiger partial charge in [0.1, 0.15) is 0 Å². The molecule has 0 spiro atoms. The lowest BCUT2D eigenvalue weighted by atomic mass is 9.93. The topological polar surface area (TPSA) is 88.3 Å². The zero-order valence-corrected chi connectivity index (χ0v) is 12.9. The first-order chi connectivity index (χ1) is 10.0. The molecule has 0 radical (unpaired) electrons. The summed E-state index contributed by atoms with van der Waals surface area (Å²) in [5, 5.41) is 3.53. The molecule has 0 unspecified atom stereocenters. The molecule has 1 fully saturated rings. The van der Waals surface area contributed by atoms with Gasteiger partial charge in [-0.2, -0.15) is 0 Å². The van der Waals surface area contributed by atoms with E-state index < -0.39 is 0 Å². The summed E-state index contributed by atoms with van der Waals surface area (Å²) in [6.45, 7) is 3.22. The molecule has 6 nitrogen and oxygen atoms in total. The molecular weight excluding hydrogens is 288 g/mol. The number of anilines is 1. The van der Waals surface area contributed by atoms with Crippen molar-refractivity contribution in [1.29, 1.82) is 0 Å². The number of aromatic nitrogens is 1. The van der Waals surface area contributed by atoms with E-state index in [2.05, 4.69) is 17.2 Å². The molecule has 3 N–H and O–H groups in total. The number of nitrogens with one attached hydrogen (secondary N) is 1. The number of likely N-dealkylation sites (tertiary alicyclic amines) is 1. The van der Waals surface area contributed by atoms with E-state index in [4.69, 9.17) is 5.73 Å². The van der Waals surface area contributed by atoms with Gasteiger partial charge in [0.05, 0.1) is 11.6 Å². The molecule has 1 saturated heterocycles. The number of hydrogen-bond donors (Lipinski definition) is 2. The summed E-state index contributed by atoms with van der Waals surface area (Å²) in [5.74, 6) is 0.140. The first-order valence-electron chi connectivity index (χ1n) is 7.36. The number of amides is 3. The molecule has 3 rings (SSSR count). The standard InChI is InChI=1S/C14H20N4O2S/c1-8-2-3-10-11(6-8)21-13(16-10)17-14(20)18-5-4-9(7-18)12(15)19/h8-9H,2-7H2,1H3,(H2,15,19)(H,16,17,20)/t8-,9+/m0/s1. The maximum Gasteiger partial charge on any atom is 0.323 e. The third-order valence-corrected chi connectivity index (χ3v) is 5.31. The van der Waals surface area contributed by atoms with Crippen LogP contribution in [0.25, 0.3) is 0 Å². The molecule has 7 heteroatoms. The monoisotopic (exact) mass is 308 g/mol. The summed E-state index contributed by atoms with van der Waals surface area (Å²) in [6, 6.07) is -0.183. The van der Waals surface area contributed by atoms with Crippen LogP contribution in [0.4, 0.5) is 9.93 Å². The Morgan fingerprint density at radius 1 is 1.43 bits per heavy atom. The Morgan fingerprint density at radius 2 is 2.24 bits per heavy atom. The predicted octanol–water partition coefficient (Wildman–Crippen LogP) is 1.61. The Balaban J connectivity index is 1.62. The maximum absolute atomic E-state index is 12.2. The summed E-state index contributed by atoms with van der Waals surface area (Å²) in [6.07, 6.45) is 3.86. The minimum absolute atomic E-state index is 0.183. The zero-order valence-electron chi connectivity index (χ0n) is 12.1. The van der Waals surface area contributed by atoms with Gasteiger partial charge >= 0.3 is 6.03 Å². The Morgan fingerprint density at radius 3 is 2.95 bits per heavy atom. The Labute approximate surface area is 127 Å². The minimum Gasteiger partial charge on any atom is -0.369 e. The molecule has 2 heterocycles. The molecule has 0 aromatic carbocycles. The van der Waals surface area contributed by atoms with Crippen molar-refractivity contribution >= 4 is 28.4 Å². The van der Waals surface area contributed by atoms with Crippen molar-refractivity contribution < 1.29 is 9.59 Å². The Hall–Kier alpha value is -1.63. The summed E-state index contributed by atoms with van der Waals surface area (Å²) >= 11 is 1.57. The van der Waals surface area contributed by atoms with Gasteiger partial charge in [0.25, 0.3) is 0 Å². The van der Waals surface area contributed by atoms with Crippen LogP contribution < -0.4 is 11.1 Å². The molecule has 1 aromatic rings. The van der Waals surface area contributed by atoms with E-state index in [0.29, 0.717) is 30.6 Å². The molecule has 2 aliphatic rings. The van der Waals surface area contributed by atoms with E-state index >= 15 is 0 Å². The van der Waals surface area contributed by atoms with Gasteiger partial charge in [-0.25, -0.2) is 9.78 Å². The molecule has 0 saturated carbocycles. The van der Waals surface area contributed by atoms with Gasteiger partial charge in [0, 0.05) is 18.0 Å². The van der Waals surface area contributed by atoms with Crippen LogP contribution >= 0.6 is 11.3 Å². The number of fused-ring (bicyclic) bond motifs is 1. The quantitative estimate of drug-likeness (QED) is 0.870. The number of nitrogens with two attached hydrogens (primary N) is 1. The van der Waals surface area contributed by atoms with Gasteiger partial charge in [-0.1, -0.05) is 6.92 Å². The normalized spacial score (nSPS) is 24.7. The fourth-order valence-electron chi connectivity index (χ4n) is 2.94. The van der Waals surface area contributed by atoms with Gasteiger partial charge in [-0.05, 0) is 31.6 Å². The van der Waals surface area contributed by atoms with Crippen LogP contribution in [0.15, 0.2) is 0 Å². The second-order valence-corrected chi connectivity index (χ2v) is 7.08. The van der Waals surface area contributed by atoms with Crippen LogP contribution in [0.1, 0.15) is 30.3 Å². The van der Waals surface area contributed by atoms with Gasteiger partial charge in [-0.3, -0.25) is 10.1 Å². The number of primary amides is 1. The largest absolute Gasteiger partial charge is 0.369 e. The molecule has 2 atom stereocenters. The summed E-state index contributed by atoms with van der Waals surface area (Å²) in [7, 11) is 0. The summed E-state index contributed by atoms with van der Waals surface area (Å²) in [5.41, 5.74) is 6.41. The lowest BCUT2D eigenvalue weighted by molar-refractivity contribution is -0.121. The summed E-state index contributed by atoms with van der Waals surface area (Å²) < 4.78 is 0. The van der Waals surface area contributed by atoms with Crippen LogP contribution in [0, 0.1) is 11.8 Å². The number of urea groups is 1. The number of hydrogen-bond acceptors (Lipinski definition) is 4. The van der Waals surface area contributed by atoms with Crippen LogP contribution in [0.5, 0.6) is 0 Å². The predicted molar refractivity (Wildman–Crippen MR) is 81.2 cm³/mol. The zero-order chi connectivity index (χ0) is 15.0. The highest BCUT2D eigenvalue weighted by atomic mass is 32.1. The van der Waals surface area contributed by atoms with E-state index in [1.54, 1.807) is 16.2 Å². The van der Waals surface area contributed by atoms with Gasteiger partial charge in [0.2, 0.25) is 5.91 Å². The van der Waals surface area contributed by atoms with E-state index in [0.717, 1.165) is 25.0 Å². The lowest BCUT2D eigenvalue weighted by Crippen LogP contribution is -2.34. The molecule has 0 bridgehead atoms. The molecular formula is C14H20N4O2S. The van der Waals surface area contributed by atoms with Crippen molar-refractivity contribution in [1.82, 2.24) is 9.88 Å². The average molecular weight is 308 g/mol. The van der Waals surface area contributed by atoms with E-state index in [1.165, 1.54) is 4.88 Å². The molecule has 21 heavy (non-hydrogen) atoms.